The number of anilines is 4. The van der Waals surface area contributed by atoms with E-state index in [2.05, 4.69) is 47.2 Å². The highest BCUT2D eigenvalue weighted by Crippen LogP contribution is 2.39. The maximum atomic E-state index is 13.3. The number of aromatic amines is 1. The fourth-order valence-electron chi connectivity index (χ4n) is 5.08. The number of hydrogen-bond acceptors (Lipinski definition) is 9. The molecule has 1 aliphatic rings. The number of nitriles is 1. The summed E-state index contributed by atoms with van der Waals surface area (Å²) in [7, 11) is 3.58. The van der Waals surface area contributed by atoms with E-state index >= 15 is 0 Å². The summed E-state index contributed by atoms with van der Waals surface area (Å²) in [5, 5.41) is 17.0. The fourth-order valence-corrected chi connectivity index (χ4v) is 5.08. The van der Waals surface area contributed by atoms with Crippen molar-refractivity contribution in [1.82, 2.24) is 24.5 Å². The van der Waals surface area contributed by atoms with Gasteiger partial charge in [0.1, 0.15) is 17.4 Å². The Bertz CT molecular complexity index is 1850. The number of benzene rings is 2. The molecule has 0 saturated carbocycles. The number of aromatic nitrogens is 5. The van der Waals surface area contributed by atoms with Gasteiger partial charge in [-0.15, -0.1) is 0 Å². The molecule has 2 aromatic carbocycles. The van der Waals surface area contributed by atoms with Crippen molar-refractivity contribution in [2.75, 3.05) is 48.9 Å². The second kappa shape index (κ2) is 12.1. The summed E-state index contributed by atoms with van der Waals surface area (Å²) >= 11 is 0. The van der Waals surface area contributed by atoms with Crippen LogP contribution in [0.15, 0.2) is 73.0 Å². The topological polar surface area (TPSA) is 146 Å². The minimum absolute atomic E-state index is 0.0753. The number of fused-ring (bicyclic) bond motifs is 1. The maximum Gasteiger partial charge on any atom is 0.266 e. The molecule has 0 bridgehead atoms. The number of hydrogen-bond donors (Lipinski definition) is 3. The van der Waals surface area contributed by atoms with Crippen molar-refractivity contribution in [3.8, 4) is 23.1 Å². The lowest BCUT2D eigenvalue weighted by molar-refractivity contribution is -0.112. The number of amides is 1. The molecule has 3 aromatic heterocycles. The summed E-state index contributed by atoms with van der Waals surface area (Å²) in [6, 6.07) is 15.6. The molecule has 12 nitrogen and oxygen atoms in total. The Morgan fingerprint density at radius 3 is 2.79 bits per heavy atom. The lowest BCUT2D eigenvalue weighted by atomic mass is 10.1. The molecule has 216 valence electrons. The van der Waals surface area contributed by atoms with Crippen LogP contribution in [0.3, 0.4) is 0 Å². The number of aryl methyl sites for hydroxylation is 1. The molecule has 0 aliphatic carbocycles. The van der Waals surface area contributed by atoms with E-state index in [0.717, 1.165) is 27.8 Å². The van der Waals surface area contributed by atoms with Gasteiger partial charge in [0.15, 0.2) is 0 Å². The Hall–Kier alpha value is -5.67. The lowest BCUT2D eigenvalue weighted by Gasteiger charge is -2.31. The molecule has 1 saturated heterocycles. The van der Waals surface area contributed by atoms with Crippen molar-refractivity contribution < 1.29 is 14.3 Å². The van der Waals surface area contributed by atoms with Crippen LogP contribution in [0.4, 0.5) is 23.0 Å². The van der Waals surface area contributed by atoms with Crippen molar-refractivity contribution in [2.24, 2.45) is 7.05 Å². The summed E-state index contributed by atoms with van der Waals surface area (Å²) in [5.41, 5.74) is 5.09. The third-order valence-electron chi connectivity index (χ3n) is 7.18. The molecule has 0 spiro atoms. The van der Waals surface area contributed by atoms with Gasteiger partial charge in [0.05, 0.1) is 61.3 Å². The summed E-state index contributed by atoms with van der Waals surface area (Å²) in [4.78, 5) is 31.5. The van der Waals surface area contributed by atoms with E-state index in [1.807, 2.05) is 43.6 Å². The Morgan fingerprint density at radius 2 is 2.02 bits per heavy atom. The number of morpholine rings is 1. The second-order valence-corrected chi connectivity index (χ2v) is 9.86. The van der Waals surface area contributed by atoms with Gasteiger partial charge >= 0.3 is 0 Å². The van der Waals surface area contributed by atoms with Crippen LogP contribution in [0.2, 0.25) is 0 Å². The molecule has 0 radical (unpaired) electrons. The number of H-pyrrole nitrogens is 1. The molecule has 12 heteroatoms. The summed E-state index contributed by atoms with van der Waals surface area (Å²) < 4.78 is 13.4. The van der Waals surface area contributed by atoms with Gasteiger partial charge in [0.2, 0.25) is 5.95 Å². The van der Waals surface area contributed by atoms with Crippen molar-refractivity contribution in [3.63, 3.8) is 0 Å². The van der Waals surface area contributed by atoms with Crippen LogP contribution in [0.25, 0.3) is 28.2 Å². The molecule has 43 heavy (non-hydrogen) atoms. The van der Waals surface area contributed by atoms with Crippen molar-refractivity contribution >= 4 is 45.9 Å². The standard InChI is InChI=1S/C31H29N9O3/c1-39-18-23(22-5-3-4-6-27(22)39)24-7-8-34-31(37-24)38-26-14-25(28(15-29(26)42-2)40-9-11-43-12-10-40)36-30(41)20(16-32)13-21-17-33-19-35-21/h3-8,13-15,17-19H,9-12H2,1-2H3,(H,33,35)(H,36,41)(H,34,37,38). The highest BCUT2D eigenvalue weighted by Gasteiger charge is 2.22. The van der Waals surface area contributed by atoms with Crippen LogP contribution < -0.4 is 20.3 Å². The molecule has 1 aliphatic heterocycles. The monoisotopic (exact) mass is 575 g/mol. The van der Waals surface area contributed by atoms with Crippen LogP contribution in [0, 0.1) is 11.3 Å². The van der Waals surface area contributed by atoms with Crippen LogP contribution in [0.5, 0.6) is 5.75 Å². The quantitative estimate of drug-likeness (QED) is 0.180. The van der Waals surface area contributed by atoms with E-state index in [1.165, 1.54) is 18.6 Å². The van der Waals surface area contributed by atoms with Gasteiger partial charge in [-0.05, 0) is 24.3 Å². The van der Waals surface area contributed by atoms with Crippen LogP contribution >= 0.6 is 0 Å². The molecular formula is C31H29N9O3. The molecule has 1 amide bonds. The third kappa shape index (κ3) is 5.74. The fraction of sp³-hybridized carbons (Fsp3) is 0.194. The molecular weight excluding hydrogens is 546 g/mol. The predicted molar refractivity (Wildman–Crippen MR) is 164 cm³/mol. The number of para-hydroxylation sites is 1. The number of nitrogens with zero attached hydrogens (tertiary/aromatic N) is 6. The van der Waals surface area contributed by atoms with Gasteiger partial charge in [0, 0.05) is 55.1 Å². The normalized spacial score (nSPS) is 13.5. The van der Waals surface area contributed by atoms with E-state index in [9.17, 15) is 10.1 Å². The number of methoxy groups -OCH3 is 1. The first-order valence-corrected chi connectivity index (χ1v) is 13.6. The SMILES string of the molecule is COc1cc(N2CCOCC2)c(NC(=O)C(C#N)=Cc2cnc[nH]2)cc1Nc1nccc(-c2cn(C)c3ccccc23)n1. The van der Waals surface area contributed by atoms with Gasteiger partial charge in [0.25, 0.3) is 5.91 Å². The minimum Gasteiger partial charge on any atom is -0.494 e. The Labute approximate surface area is 247 Å². The van der Waals surface area contributed by atoms with E-state index < -0.39 is 5.91 Å². The number of ether oxygens (including phenoxy) is 2. The molecule has 0 atom stereocenters. The Kier molecular flexibility index (Phi) is 7.71. The molecule has 4 heterocycles. The first kappa shape index (κ1) is 27.5. The van der Waals surface area contributed by atoms with Crippen LogP contribution in [0.1, 0.15) is 5.69 Å². The Balaban J connectivity index is 1.36. The molecule has 3 N–H and O–H groups in total. The van der Waals surface area contributed by atoms with Crippen molar-refractivity contribution in [2.45, 2.75) is 0 Å². The van der Waals surface area contributed by atoms with E-state index in [-0.39, 0.29) is 5.57 Å². The van der Waals surface area contributed by atoms with Gasteiger partial charge in [-0.2, -0.15) is 5.26 Å². The smallest absolute Gasteiger partial charge is 0.266 e. The van der Waals surface area contributed by atoms with Gasteiger partial charge in [-0.3, -0.25) is 4.79 Å². The number of carbonyl (C=O) groups is 1. The van der Waals surface area contributed by atoms with Crippen molar-refractivity contribution in [3.05, 3.63) is 78.6 Å². The first-order chi connectivity index (χ1) is 21.0. The molecule has 6 rings (SSSR count). The average Bonchev–Trinajstić information content (AvgIpc) is 3.68. The number of imidazole rings is 1. The number of carbonyl (C=O) groups excluding carboxylic acids is 1. The van der Waals surface area contributed by atoms with Gasteiger partial charge in [-0.25, -0.2) is 15.0 Å². The van der Waals surface area contributed by atoms with E-state index in [4.69, 9.17) is 14.5 Å². The molecule has 5 aromatic rings. The third-order valence-corrected chi connectivity index (χ3v) is 7.18. The molecule has 0 unspecified atom stereocenters. The number of rotatable bonds is 8. The summed E-state index contributed by atoms with van der Waals surface area (Å²) in [6.45, 7) is 2.36. The minimum atomic E-state index is -0.558. The largest absolute Gasteiger partial charge is 0.494 e. The van der Waals surface area contributed by atoms with Gasteiger partial charge < -0.3 is 34.6 Å². The second-order valence-electron chi connectivity index (χ2n) is 9.86. The number of nitrogens with one attached hydrogen (secondary N) is 3. The highest BCUT2D eigenvalue weighted by molar-refractivity contribution is 6.11. The zero-order chi connectivity index (χ0) is 29.8. The first-order valence-electron chi connectivity index (χ1n) is 13.6. The van der Waals surface area contributed by atoms with Crippen molar-refractivity contribution in [1.29, 1.82) is 5.26 Å². The predicted octanol–water partition coefficient (Wildman–Crippen LogP) is 4.49. The summed E-state index contributed by atoms with van der Waals surface area (Å²) in [6.07, 6.45) is 8.21. The highest BCUT2D eigenvalue weighted by atomic mass is 16.5. The van der Waals surface area contributed by atoms with E-state index in [1.54, 1.807) is 19.4 Å². The molecule has 1 fully saturated rings. The Morgan fingerprint density at radius 1 is 1.19 bits per heavy atom. The van der Waals surface area contributed by atoms with Crippen LogP contribution in [-0.4, -0.2) is 63.8 Å². The zero-order valence-corrected chi connectivity index (χ0v) is 23.7. The average molecular weight is 576 g/mol. The maximum absolute atomic E-state index is 13.3. The zero-order valence-electron chi connectivity index (χ0n) is 23.7. The van der Waals surface area contributed by atoms with Crippen LogP contribution in [-0.2, 0) is 16.6 Å². The lowest BCUT2D eigenvalue weighted by Crippen LogP contribution is -2.36. The van der Waals surface area contributed by atoms with Gasteiger partial charge in [-0.1, -0.05) is 18.2 Å². The summed E-state index contributed by atoms with van der Waals surface area (Å²) in [5.74, 6) is 0.334. The van der Waals surface area contributed by atoms with E-state index in [0.29, 0.717) is 55.1 Å².